The first-order chi connectivity index (χ1) is 23.2. The third-order valence-corrected chi connectivity index (χ3v) is 10.1. The maximum atomic E-state index is 2.57. The van der Waals surface area contributed by atoms with Crippen molar-refractivity contribution in [3.63, 3.8) is 0 Å². The molecule has 0 aromatic heterocycles. The second-order valence-electron chi connectivity index (χ2n) is 13.4. The van der Waals surface area contributed by atoms with Gasteiger partial charge < -0.3 is 9.80 Å². The molecule has 8 rings (SSSR count). The van der Waals surface area contributed by atoms with E-state index < -0.39 is 0 Å². The summed E-state index contributed by atoms with van der Waals surface area (Å²) < 4.78 is 0. The van der Waals surface area contributed by atoms with Crippen molar-refractivity contribution in [3.05, 3.63) is 175 Å². The average molecular weight is 611 g/mol. The van der Waals surface area contributed by atoms with Gasteiger partial charge in [-0.05, 0) is 102 Å². The lowest BCUT2D eigenvalue weighted by Gasteiger charge is -2.36. The molecular weight excluding hydrogens is 569 g/mol. The number of nitrogens with zero attached hydrogens (tertiary/aromatic N) is 2. The van der Waals surface area contributed by atoms with Crippen molar-refractivity contribution in [1.82, 2.24) is 0 Å². The fourth-order valence-corrected chi connectivity index (χ4v) is 7.67. The van der Waals surface area contributed by atoms with Crippen molar-refractivity contribution in [2.45, 2.75) is 38.6 Å². The molecule has 0 fully saturated rings. The zero-order valence-electron chi connectivity index (χ0n) is 27.1. The zero-order valence-corrected chi connectivity index (χ0v) is 27.1. The maximum absolute atomic E-state index is 2.57. The summed E-state index contributed by atoms with van der Waals surface area (Å²) in [5.74, 6) is 1.43. The standard InChI is InChI=1S/C45H42N2/c1-33-10-9-17-43(30-33)47(45-29-23-35-12-6-8-14-39(35)32-45)42-26-20-37(21-27-42)36-18-24-41(25-19-36)46(40-15-3-2-4-16-40)44-28-22-34-11-5-7-13-38(34)31-44/h2-3,5-15,18-29,31-34,38,43H,4,16-17,30H2,1H3. The van der Waals surface area contributed by atoms with Gasteiger partial charge in [0.25, 0.3) is 0 Å². The summed E-state index contributed by atoms with van der Waals surface area (Å²) >= 11 is 0. The SMILES string of the molecule is CC1C=CCC(N(c2ccc(-c3ccc(N(C4=CC5C=CC=CC5C=C4)C4=CC=CCC4)cc3)cc2)c2ccc3ccccc3c2)C1. The molecular formula is C45H42N2. The molecule has 0 spiro atoms. The fourth-order valence-electron chi connectivity index (χ4n) is 7.67. The Kier molecular flexibility index (Phi) is 8.09. The van der Waals surface area contributed by atoms with Gasteiger partial charge in [-0.25, -0.2) is 0 Å². The van der Waals surface area contributed by atoms with Crippen LogP contribution in [0.2, 0.25) is 0 Å². The molecule has 0 aliphatic heterocycles. The zero-order chi connectivity index (χ0) is 31.6. The van der Waals surface area contributed by atoms with Gasteiger partial charge in [0.1, 0.15) is 0 Å². The monoisotopic (exact) mass is 610 g/mol. The van der Waals surface area contributed by atoms with Crippen LogP contribution in [0.4, 0.5) is 17.1 Å². The van der Waals surface area contributed by atoms with Crippen LogP contribution in [0.15, 0.2) is 175 Å². The van der Waals surface area contributed by atoms with E-state index in [4.69, 9.17) is 0 Å². The van der Waals surface area contributed by atoms with E-state index in [1.54, 1.807) is 0 Å². The highest BCUT2D eigenvalue weighted by Crippen LogP contribution is 2.38. The molecule has 0 amide bonds. The highest BCUT2D eigenvalue weighted by atomic mass is 15.2. The maximum Gasteiger partial charge on any atom is 0.0458 e. The Bertz CT molecular complexity index is 1960. The molecule has 4 aromatic rings. The van der Waals surface area contributed by atoms with Crippen molar-refractivity contribution >= 4 is 27.8 Å². The van der Waals surface area contributed by atoms with Gasteiger partial charge >= 0.3 is 0 Å². The molecule has 4 unspecified atom stereocenters. The Morgan fingerprint density at radius 1 is 0.638 bits per heavy atom. The van der Waals surface area contributed by atoms with Gasteiger partial charge in [0.2, 0.25) is 0 Å². The molecule has 0 heterocycles. The van der Waals surface area contributed by atoms with Gasteiger partial charge in [-0.2, -0.15) is 0 Å². The van der Waals surface area contributed by atoms with E-state index in [1.807, 2.05) is 0 Å². The van der Waals surface area contributed by atoms with Crippen LogP contribution in [0.5, 0.6) is 0 Å². The highest BCUT2D eigenvalue weighted by Gasteiger charge is 2.25. The average Bonchev–Trinajstić information content (AvgIpc) is 3.13. The number of benzene rings is 4. The molecule has 4 aromatic carbocycles. The van der Waals surface area contributed by atoms with Crippen LogP contribution in [0.25, 0.3) is 21.9 Å². The van der Waals surface area contributed by atoms with E-state index >= 15 is 0 Å². The molecule has 2 heteroatoms. The molecule has 4 aliphatic carbocycles. The first kappa shape index (κ1) is 29.3. The molecule has 4 aliphatic rings. The van der Waals surface area contributed by atoms with Crippen molar-refractivity contribution in [1.29, 1.82) is 0 Å². The lowest BCUT2D eigenvalue weighted by molar-refractivity contribution is 0.502. The number of fused-ring (bicyclic) bond motifs is 2. The Labute approximate surface area is 279 Å². The molecule has 0 N–H and O–H groups in total. The van der Waals surface area contributed by atoms with Crippen LogP contribution < -0.4 is 9.80 Å². The third-order valence-electron chi connectivity index (χ3n) is 10.1. The Morgan fingerprint density at radius 2 is 1.36 bits per heavy atom. The number of hydrogen-bond donors (Lipinski definition) is 0. The van der Waals surface area contributed by atoms with Crippen LogP contribution in [0.3, 0.4) is 0 Å². The van der Waals surface area contributed by atoms with Crippen molar-refractivity contribution in [3.8, 4) is 11.1 Å². The number of hydrogen-bond acceptors (Lipinski definition) is 2. The Morgan fingerprint density at radius 3 is 2.11 bits per heavy atom. The molecule has 47 heavy (non-hydrogen) atoms. The van der Waals surface area contributed by atoms with E-state index in [-0.39, 0.29) is 0 Å². The summed E-state index contributed by atoms with van der Waals surface area (Å²) in [6.07, 6.45) is 31.8. The van der Waals surface area contributed by atoms with Gasteiger partial charge in [0.15, 0.2) is 0 Å². The topological polar surface area (TPSA) is 6.48 Å². The highest BCUT2D eigenvalue weighted by molar-refractivity contribution is 5.87. The van der Waals surface area contributed by atoms with Crippen LogP contribution in [-0.4, -0.2) is 6.04 Å². The normalized spacial score (nSPS) is 22.9. The second-order valence-corrected chi connectivity index (χ2v) is 13.4. The first-order valence-electron chi connectivity index (χ1n) is 17.3. The molecule has 0 saturated heterocycles. The Balaban J connectivity index is 1.09. The predicted octanol–water partition coefficient (Wildman–Crippen LogP) is 11.9. The predicted molar refractivity (Wildman–Crippen MR) is 201 cm³/mol. The largest absolute Gasteiger partial charge is 0.338 e. The Hall–Kier alpha value is -5.08. The van der Waals surface area contributed by atoms with Crippen LogP contribution >= 0.6 is 0 Å². The third kappa shape index (κ3) is 6.09. The molecule has 0 bridgehead atoms. The fraction of sp³-hybridized carbons (Fsp3) is 0.200. The minimum Gasteiger partial charge on any atom is -0.338 e. The molecule has 0 radical (unpaired) electrons. The van der Waals surface area contributed by atoms with Gasteiger partial charge in [-0.1, -0.05) is 122 Å². The van der Waals surface area contributed by atoms with E-state index in [9.17, 15) is 0 Å². The summed E-state index contributed by atoms with van der Waals surface area (Å²) in [5, 5.41) is 2.57. The van der Waals surface area contributed by atoms with Crippen molar-refractivity contribution in [2.24, 2.45) is 17.8 Å². The van der Waals surface area contributed by atoms with Crippen LogP contribution in [-0.2, 0) is 0 Å². The van der Waals surface area contributed by atoms with E-state index in [0.717, 1.165) is 25.7 Å². The summed E-state index contributed by atoms with van der Waals surface area (Å²) in [6, 6.07) is 34.4. The minimum atomic E-state index is 0.405. The van der Waals surface area contributed by atoms with Crippen molar-refractivity contribution in [2.75, 3.05) is 9.80 Å². The molecule has 2 nitrogen and oxygen atoms in total. The number of anilines is 3. The smallest absolute Gasteiger partial charge is 0.0458 e. The van der Waals surface area contributed by atoms with Crippen molar-refractivity contribution < 1.29 is 0 Å². The van der Waals surface area contributed by atoms with Gasteiger partial charge in [-0.15, -0.1) is 0 Å². The van der Waals surface area contributed by atoms with Gasteiger partial charge in [0, 0.05) is 46.3 Å². The van der Waals surface area contributed by atoms with Crippen LogP contribution in [0.1, 0.15) is 32.6 Å². The second kappa shape index (κ2) is 13.0. The van der Waals surface area contributed by atoms with E-state index in [2.05, 4.69) is 181 Å². The number of allylic oxidation sites excluding steroid dienone is 12. The molecule has 4 atom stereocenters. The number of rotatable bonds is 7. The summed E-state index contributed by atoms with van der Waals surface area (Å²) in [5.41, 5.74) is 8.78. The lowest BCUT2D eigenvalue weighted by atomic mass is 9.84. The first-order valence-corrected chi connectivity index (χ1v) is 17.3. The summed E-state index contributed by atoms with van der Waals surface area (Å²) in [4.78, 5) is 5.02. The van der Waals surface area contributed by atoms with Gasteiger partial charge in [0.05, 0.1) is 0 Å². The minimum absolute atomic E-state index is 0.405. The molecule has 232 valence electrons. The summed E-state index contributed by atoms with van der Waals surface area (Å²) in [7, 11) is 0. The quantitative estimate of drug-likeness (QED) is 0.192. The summed E-state index contributed by atoms with van der Waals surface area (Å²) in [6.45, 7) is 2.33. The van der Waals surface area contributed by atoms with E-state index in [1.165, 1.54) is 50.4 Å². The van der Waals surface area contributed by atoms with E-state index in [0.29, 0.717) is 23.8 Å². The molecule has 0 saturated carbocycles. The van der Waals surface area contributed by atoms with Crippen LogP contribution in [0, 0.1) is 17.8 Å². The van der Waals surface area contributed by atoms with Gasteiger partial charge in [-0.3, -0.25) is 0 Å². The lowest BCUT2D eigenvalue weighted by Crippen LogP contribution is -2.33.